The van der Waals surface area contributed by atoms with Crippen molar-refractivity contribution in [3.8, 4) is 0 Å². The van der Waals surface area contributed by atoms with Gasteiger partial charge in [-0.3, -0.25) is 4.90 Å². The van der Waals surface area contributed by atoms with E-state index >= 15 is 0 Å². The first-order valence-electron chi connectivity index (χ1n) is 8.05. The zero-order chi connectivity index (χ0) is 15.4. The number of benzene rings is 1. The van der Waals surface area contributed by atoms with E-state index in [1.54, 1.807) is 6.33 Å². The normalized spacial score (nSPS) is 17.7. The number of nitrogens with zero attached hydrogens (tertiary/aromatic N) is 4. The highest BCUT2D eigenvalue weighted by Crippen LogP contribution is 2.34. The van der Waals surface area contributed by atoms with Gasteiger partial charge < -0.3 is 9.67 Å². The monoisotopic (exact) mass is 300 g/mol. The van der Waals surface area contributed by atoms with Gasteiger partial charge in [-0.25, -0.2) is 0 Å². The van der Waals surface area contributed by atoms with E-state index in [0.717, 1.165) is 25.3 Å². The first-order chi connectivity index (χ1) is 10.8. The van der Waals surface area contributed by atoms with Gasteiger partial charge in [0.1, 0.15) is 12.2 Å². The number of aryl methyl sites for hydroxylation is 2. The lowest BCUT2D eigenvalue weighted by molar-refractivity contribution is 0.147. The SMILES string of the molecule is Cn1cnnc1CN(CCCO)C1CCCc2ccccc21. The Hall–Kier alpha value is -1.72. The first kappa shape index (κ1) is 15.2. The predicted octanol–water partition coefficient (Wildman–Crippen LogP) is 2.08. The minimum Gasteiger partial charge on any atom is -0.396 e. The van der Waals surface area contributed by atoms with Gasteiger partial charge in [-0.05, 0) is 36.8 Å². The predicted molar refractivity (Wildman–Crippen MR) is 85.2 cm³/mol. The molecule has 0 bridgehead atoms. The van der Waals surface area contributed by atoms with E-state index in [4.69, 9.17) is 0 Å². The quantitative estimate of drug-likeness (QED) is 0.887. The molecule has 118 valence electrons. The summed E-state index contributed by atoms with van der Waals surface area (Å²) < 4.78 is 1.97. The summed E-state index contributed by atoms with van der Waals surface area (Å²) in [4.78, 5) is 2.44. The Labute approximate surface area is 131 Å². The van der Waals surface area contributed by atoms with Crippen LogP contribution in [0.5, 0.6) is 0 Å². The number of hydrogen-bond donors (Lipinski definition) is 1. The Balaban J connectivity index is 1.84. The molecule has 1 aromatic heterocycles. The maximum Gasteiger partial charge on any atom is 0.146 e. The van der Waals surface area contributed by atoms with Gasteiger partial charge in [0.05, 0.1) is 6.54 Å². The van der Waals surface area contributed by atoms with E-state index in [1.807, 2.05) is 11.6 Å². The van der Waals surface area contributed by atoms with Gasteiger partial charge in [0.15, 0.2) is 0 Å². The van der Waals surface area contributed by atoms with Crippen molar-refractivity contribution in [1.82, 2.24) is 19.7 Å². The van der Waals surface area contributed by atoms with Gasteiger partial charge in [-0.1, -0.05) is 24.3 Å². The van der Waals surface area contributed by atoms with Gasteiger partial charge in [0.25, 0.3) is 0 Å². The zero-order valence-electron chi connectivity index (χ0n) is 13.1. The van der Waals surface area contributed by atoms with Crippen LogP contribution in [0.15, 0.2) is 30.6 Å². The molecule has 0 aliphatic heterocycles. The molecular weight excluding hydrogens is 276 g/mol. The van der Waals surface area contributed by atoms with Crippen molar-refractivity contribution < 1.29 is 5.11 Å². The lowest BCUT2D eigenvalue weighted by Crippen LogP contribution is -2.33. The molecule has 1 aromatic carbocycles. The molecule has 0 spiro atoms. The molecule has 1 heterocycles. The minimum atomic E-state index is 0.226. The van der Waals surface area contributed by atoms with Crippen molar-refractivity contribution in [2.75, 3.05) is 13.2 Å². The fourth-order valence-electron chi connectivity index (χ4n) is 3.36. The summed E-state index contributed by atoms with van der Waals surface area (Å²) in [5, 5.41) is 17.4. The molecular formula is C17H24N4O. The number of aliphatic hydroxyl groups is 1. The average Bonchev–Trinajstić information content (AvgIpc) is 2.96. The lowest BCUT2D eigenvalue weighted by Gasteiger charge is -2.35. The number of hydrogen-bond acceptors (Lipinski definition) is 4. The highest BCUT2D eigenvalue weighted by atomic mass is 16.3. The van der Waals surface area contributed by atoms with Gasteiger partial charge in [0, 0.05) is 26.2 Å². The van der Waals surface area contributed by atoms with E-state index in [2.05, 4.69) is 39.4 Å². The van der Waals surface area contributed by atoms with Gasteiger partial charge >= 0.3 is 0 Å². The summed E-state index contributed by atoms with van der Waals surface area (Å²) in [5.74, 6) is 0.973. The van der Waals surface area contributed by atoms with Crippen molar-refractivity contribution in [3.63, 3.8) is 0 Å². The highest BCUT2D eigenvalue weighted by Gasteiger charge is 2.26. The molecule has 22 heavy (non-hydrogen) atoms. The molecule has 5 nitrogen and oxygen atoms in total. The molecule has 0 saturated heterocycles. The lowest BCUT2D eigenvalue weighted by atomic mass is 9.86. The Morgan fingerprint density at radius 1 is 1.36 bits per heavy atom. The van der Waals surface area contributed by atoms with E-state index in [0.29, 0.717) is 6.04 Å². The van der Waals surface area contributed by atoms with E-state index in [1.165, 1.54) is 30.4 Å². The van der Waals surface area contributed by atoms with Crippen LogP contribution >= 0.6 is 0 Å². The van der Waals surface area contributed by atoms with Gasteiger partial charge in [-0.2, -0.15) is 0 Å². The standard InChI is InChI=1S/C17H24N4O/c1-20-13-18-19-17(20)12-21(10-5-11-22)16-9-4-7-14-6-2-3-8-15(14)16/h2-3,6,8,13,16,22H,4-5,7,9-12H2,1H3. The molecule has 0 saturated carbocycles. The third-order valence-electron chi connectivity index (χ3n) is 4.53. The van der Waals surface area contributed by atoms with E-state index in [9.17, 15) is 5.11 Å². The molecule has 1 unspecified atom stereocenters. The topological polar surface area (TPSA) is 54.2 Å². The Morgan fingerprint density at radius 3 is 3.00 bits per heavy atom. The Bertz CT molecular complexity index is 610. The third kappa shape index (κ3) is 3.20. The number of aromatic nitrogens is 3. The van der Waals surface area contributed by atoms with Crippen LogP contribution in [0.1, 0.15) is 42.3 Å². The van der Waals surface area contributed by atoms with Crippen LogP contribution in [-0.4, -0.2) is 37.9 Å². The molecule has 0 radical (unpaired) electrons. The summed E-state index contributed by atoms with van der Waals surface area (Å²) in [6.45, 7) is 1.88. The fourth-order valence-corrected chi connectivity index (χ4v) is 3.36. The Kier molecular flexibility index (Phi) is 4.85. The molecule has 2 aromatic rings. The number of rotatable bonds is 6. The van der Waals surface area contributed by atoms with Crippen LogP contribution in [-0.2, 0) is 20.0 Å². The van der Waals surface area contributed by atoms with Crippen molar-refractivity contribution >= 4 is 0 Å². The molecule has 0 fully saturated rings. The summed E-state index contributed by atoms with van der Waals surface area (Å²) in [6, 6.07) is 9.16. The molecule has 5 heteroatoms. The van der Waals surface area contributed by atoms with Crippen molar-refractivity contribution in [2.24, 2.45) is 7.05 Å². The highest BCUT2D eigenvalue weighted by molar-refractivity contribution is 5.32. The first-order valence-corrected chi connectivity index (χ1v) is 8.05. The molecule has 1 aliphatic rings. The molecule has 1 N–H and O–H groups in total. The van der Waals surface area contributed by atoms with Crippen molar-refractivity contribution in [3.05, 3.63) is 47.5 Å². The summed E-state index contributed by atoms with van der Waals surface area (Å²) in [6.07, 6.45) is 6.09. The van der Waals surface area contributed by atoms with Crippen LogP contribution in [0.25, 0.3) is 0 Å². The Morgan fingerprint density at radius 2 is 2.23 bits per heavy atom. The maximum atomic E-state index is 9.23. The van der Waals surface area contributed by atoms with Gasteiger partial charge in [-0.15, -0.1) is 10.2 Å². The van der Waals surface area contributed by atoms with Crippen LogP contribution in [0.3, 0.4) is 0 Å². The second-order valence-electron chi connectivity index (χ2n) is 6.01. The largest absolute Gasteiger partial charge is 0.396 e. The van der Waals surface area contributed by atoms with E-state index < -0.39 is 0 Å². The van der Waals surface area contributed by atoms with Crippen molar-refractivity contribution in [2.45, 2.75) is 38.3 Å². The number of aliphatic hydroxyl groups excluding tert-OH is 1. The molecule has 3 rings (SSSR count). The summed E-state index contributed by atoms with van der Waals surface area (Å²) in [5.41, 5.74) is 2.90. The van der Waals surface area contributed by atoms with Crippen LogP contribution in [0, 0.1) is 0 Å². The van der Waals surface area contributed by atoms with Gasteiger partial charge in [0.2, 0.25) is 0 Å². The molecule has 0 amide bonds. The second-order valence-corrected chi connectivity index (χ2v) is 6.01. The smallest absolute Gasteiger partial charge is 0.146 e. The van der Waals surface area contributed by atoms with Crippen molar-refractivity contribution in [1.29, 1.82) is 0 Å². The average molecular weight is 300 g/mol. The fraction of sp³-hybridized carbons (Fsp3) is 0.529. The maximum absolute atomic E-state index is 9.23. The third-order valence-corrected chi connectivity index (χ3v) is 4.53. The van der Waals surface area contributed by atoms with Crippen LogP contribution in [0.2, 0.25) is 0 Å². The van der Waals surface area contributed by atoms with Crippen LogP contribution in [0.4, 0.5) is 0 Å². The molecule has 1 aliphatic carbocycles. The molecule has 1 atom stereocenters. The summed E-state index contributed by atoms with van der Waals surface area (Å²) in [7, 11) is 1.98. The second kappa shape index (κ2) is 7.03. The summed E-state index contributed by atoms with van der Waals surface area (Å²) >= 11 is 0. The van der Waals surface area contributed by atoms with E-state index in [-0.39, 0.29) is 6.61 Å². The zero-order valence-corrected chi connectivity index (χ0v) is 13.1. The minimum absolute atomic E-state index is 0.226. The van der Waals surface area contributed by atoms with Crippen LogP contribution < -0.4 is 0 Å². The number of fused-ring (bicyclic) bond motifs is 1.